The predicted octanol–water partition coefficient (Wildman–Crippen LogP) is 3.89. The summed E-state index contributed by atoms with van der Waals surface area (Å²) in [4.78, 5) is 8.54. The number of nitrogens with zero attached hydrogens (tertiary/aromatic N) is 2. The summed E-state index contributed by atoms with van der Waals surface area (Å²) in [7, 11) is 1.86. The van der Waals surface area contributed by atoms with E-state index in [0.29, 0.717) is 0 Å². The first-order valence-electron chi connectivity index (χ1n) is 6.07. The number of hydrogen-bond acceptors (Lipinski definition) is 3. The van der Waals surface area contributed by atoms with Crippen LogP contribution in [0.25, 0.3) is 16.6 Å². The van der Waals surface area contributed by atoms with Crippen molar-refractivity contribution < 1.29 is 0 Å². The Kier molecular flexibility index (Phi) is 3.76. The minimum atomic E-state index is 0.826. The number of aromatic nitrogens is 1. The third kappa shape index (κ3) is 2.88. The summed E-state index contributed by atoms with van der Waals surface area (Å²) in [6, 6.07) is 10.0. The van der Waals surface area contributed by atoms with Crippen LogP contribution < -0.4 is 5.32 Å². The van der Waals surface area contributed by atoms with Gasteiger partial charge < -0.3 is 5.32 Å². The van der Waals surface area contributed by atoms with E-state index in [2.05, 4.69) is 34.7 Å². The van der Waals surface area contributed by atoms with Crippen molar-refractivity contribution in [3.8, 4) is 0 Å². The maximum absolute atomic E-state index is 4.49. The molecule has 0 atom stereocenters. The van der Waals surface area contributed by atoms with Crippen LogP contribution >= 0.6 is 0 Å². The molecule has 3 nitrogen and oxygen atoms in total. The van der Waals surface area contributed by atoms with Gasteiger partial charge in [0.15, 0.2) is 0 Å². The molecule has 0 fully saturated rings. The van der Waals surface area contributed by atoms with Crippen LogP contribution in [-0.2, 0) is 0 Å². The van der Waals surface area contributed by atoms with Gasteiger partial charge in [-0.3, -0.25) is 4.99 Å². The molecule has 1 aromatic heterocycles. The number of aliphatic imine (C=N–C) groups is 1. The molecule has 0 aliphatic heterocycles. The van der Waals surface area contributed by atoms with Gasteiger partial charge in [-0.1, -0.05) is 18.2 Å². The van der Waals surface area contributed by atoms with Crippen molar-refractivity contribution >= 4 is 29.1 Å². The summed E-state index contributed by atoms with van der Waals surface area (Å²) in [6.45, 7) is 9.42. The molecule has 1 aromatic carbocycles. The molecule has 1 heterocycles. The van der Waals surface area contributed by atoms with Gasteiger partial charge in [0.1, 0.15) is 5.82 Å². The molecule has 0 spiro atoms. The van der Waals surface area contributed by atoms with E-state index < -0.39 is 0 Å². The van der Waals surface area contributed by atoms with Gasteiger partial charge in [-0.25, -0.2) is 4.98 Å². The van der Waals surface area contributed by atoms with E-state index in [-0.39, 0.29) is 0 Å². The molecular weight excluding hydrogens is 234 g/mol. The molecule has 0 saturated heterocycles. The molecule has 0 radical (unpaired) electrons. The molecule has 0 aliphatic rings. The number of nitrogens with one attached hydrogen (secondary N) is 1. The molecule has 96 valence electrons. The fraction of sp³-hybridized carbons (Fsp3) is 0.125. The Hall–Kier alpha value is -2.42. The molecule has 0 bridgehead atoms. The van der Waals surface area contributed by atoms with Gasteiger partial charge in [0.25, 0.3) is 0 Å². The number of rotatable bonds is 4. The van der Waals surface area contributed by atoms with Crippen molar-refractivity contribution in [2.75, 3.05) is 12.4 Å². The van der Waals surface area contributed by atoms with E-state index in [9.17, 15) is 0 Å². The smallest absolute Gasteiger partial charge is 0.126 e. The average Bonchev–Trinajstić information content (AvgIpc) is 2.43. The highest BCUT2D eigenvalue weighted by molar-refractivity contribution is 5.85. The van der Waals surface area contributed by atoms with Crippen LogP contribution in [0.2, 0.25) is 0 Å². The molecule has 0 aliphatic carbocycles. The van der Waals surface area contributed by atoms with E-state index in [0.717, 1.165) is 33.6 Å². The zero-order valence-corrected chi connectivity index (χ0v) is 11.3. The maximum atomic E-state index is 4.49. The maximum Gasteiger partial charge on any atom is 0.126 e. The molecule has 3 heteroatoms. The second-order valence-corrected chi connectivity index (χ2v) is 4.39. The molecule has 0 saturated carbocycles. The Balaban J connectivity index is 2.52. The number of pyridine rings is 1. The summed E-state index contributed by atoms with van der Waals surface area (Å²) in [5.41, 5.74) is 3.75. The molecule has 2 aromatic rings. The van der Waals surface area contributed by atoms with Crippen LogP contribution in [0.15, 0.2) is 53.6 Å². The Morgan fingerprint density at radius 2 is 2.11 bits per heavy atom. The monoisotopic (exact) mass is 251 g/mol. The molecule has 0 amide bonds. The standard InChI is InChI=1S/C16H17N3/c1-11(2)9-15(17-3)13-5-7-14-12(10-13)6-8-16(18-4)19-14/h5-10H,1,3H2,2,4H3,(H,18,19)/b15-9-. The fourth-order valence-corrected chi connectivity index (χ4v) is 1.88. The van der Waals surface area contributed by atoms with Crippen LogP contribution in [-0.4, -0.2) is 18.7 Å². The SMILES string of the molecule is C=N/C(=C\C(=C)C)c1ccc2nc(NC)ccc2c1. The van der Waals surface area contributed by atoms with Crippen molar-refractivity contribution in [2.45, 2.75) is 6.92 Å². The van der Waals surface area contributed by atoms with Crippen LogP contribution in [0.1, 0.15) is 12.5 Å². The van der Waals surface area contributed by atoms with E-state index in [1.165, 1.54) is 0 Å². The summed E-state index contributed by atoms with van der Waals surface area (Å²) < 4.78 is 0. The van der Waals surface area contributed by atoms with Crippen molar-refractivity contribution in [1.29, 1.82) is 0 Å². The summed E-state index contributed by atoms with van der Waals surface area (Å²) >= 11 is 0. The van der Waals surface area contributed by atoms with E-state index in [4.69, 9.17) is 0 Å². The Bertz CT molecular complexity index is 669. The lowest BCUT2D eigenvalue weighted by Gasteiger charge is -2.06. The Labute approximate surface area is 113 Å². The third-order valence-corrected chi connectivity index (χ3v) is 2.79. The van der Waals surface area contributed by atoms with Gasteiger partial charge in [-0.05, 0) is 44.0 Å². The molecule has 2 rings (SSSR count). The normalized spacial score (nSPS) is 11.4. The number of benzene rings is 1. The van der Waals surface area contributed by atoms with Gasteiger partial charge >= 0.3 is 0 Å². The zero-order valence-electron chi connectivity index (χ0n) is 11.3. The van der Waals surface area contributed by atoms with Crippen LogP contribution in [0, 0.1) is 0 Å². The lowest BCUT2D eigenvalue weighted by atomic mass is 10.1. The molecule has 0 unspecified atom stereocenters. The van der Waals surface area contributed by atoms with E-state index in [1.807, 2.05) is 44.3 Å². The number of fused-ring (bicyclic) bond motifs is 1. The number of allylic oxidation sites excluding steroid dienone is 2. The summed E-state index contributed by atoms with van der Waals surface area (Å²) in [6.07, 6.45) is 1.92. The van der Waals surface area contributed by atoms with Crippen molar-refractivity contribution in [3.05, 3.63) is 54.1 Å². The van der Waals surface area contributed by atoms with Gasteiger partial charge in [0.05, 0.1) is 11.2 Å². The predicted molar refractivity (Wildman–Crippen MR) is 83.6 cm³/mol. The number of hydrogen-bond donors (Lipinski definition) is 1. The largest absolute Gasteiger partial charge is 0.373 e. The van der Waals surface area contributed by atoms with E-state index >= 15 is 0 Å². The topological polar surface area (TPSA) is 37.3 Å². The lowest BCUT2D eigenvalue weighted by Crippen LogP contribution is -1.92. The van der Waals surface area contributed by atoms with Crippen molar-refractivity contribution in [1.82, 2.24) is 4.98 Å². The van der Waals surface area contributed by atoms with Crippen molar-refractivity contribution in [2.24, 2.45) is 4.99 Å². The minimum absolute atomic E-state index is 0.826. The zero-order chi connectivity index (χ0) is 13.8. The first-order chi connectivity index (χ1) is 9.13. The van der Waals surface area contributed by atoms with Crippen LogP contribution in [0.4, 0.5) is 5.82 Å². The summed E-state index contributed by atoms with van der Waals surface area (Å²) in [5, 5.41) is 4.11. The van der Waals surface area contributed by atoms with Gasteiger partial charge in [-0.15, -0.1) is 0 Å². The van der Waals surface area contributed by atoms with Gasteiger partial charge in [0, 0.05) is 18.0 Å². The molecular formula is C16H17N3. The number of anilines is 1. The second-order valence-electron chi connectivity index (χ2n) is 4.39. The third-order valence-electron chi connectivity index (χ3n) is 2.79. The first kappa shape index (κ1) is 13.0. The van der Waals surface area contributed by atoms with Crippen molar-refractivity contribution in [3.63, 3.8) is 0 Å². The molecule has 1 N–H and O–H groups in total. The quantitative estimate of drug-likeness (QED) is 0.661. The van der Waals surface area contributed by atoms with Crippen LogP contribution in [0.3, 0.4) is 0 Å². The lowest BCUT2D eigenvalue weighted by molar-refractivity contribution is 1.34. The van der Waals surface area contributed by atoms with Crippen LogP contribution in [0.5, 0.6) is 0 Å². The Morgan fingerprint density at radius 3 is 2.74 bits per heavy atom. The molecule has 19 heavy (non-hydrogen) atoms. The second kappa shape index (κ2) is 5.48. The summed E-state index contributed by atoms with van der Waals surface area (Å²) in [5.74, 6) is 0.861. The Morgan fingerprint density at radius 1 is 1.32 bits per heavy atom. The minimum Gasteiger partial charge on any atom is -0.373 e. The highest BCUT2D eigenvalue weighted by Crippen LogP contribution is 2.23. The van der Waals surface area contributed by atoms with E-state index in [1.54, 1.807) is 0 Å². The van der Waals surface area contributed by atoms with Gasteiger partial charge in [0.2, 0.25) is 0 Å². The highest BCUT2D eigenvalue weighted by Gasteiger charge is 2.02. The average molecular weight is 251 g/mol. The first-order valence-corrected chi connectivity index (χ1v) is 6.07. The highest BCUT2D eigenvalue weighted by atomic mass is 15.0. The fourth-order valence-electron chi connectivity index (χ4n) is 1.88. The van der Waals surface area contributed by atoms with Gasteiger partial charge in [-0.2, -0.15) is 0 Å².